The molecule has 1 amide bonds. The summed E-state index contributed by atoms with van der Waals surface area (Å²) >= 11 is 0. The van der Waals surface area contributed by atoms with Crippen molar-refractivity contribution < 1.29 is 23.5 Å². The minimum atomic E-state index is -0.248. The Balaban J connectivity index is 1.67. The van der Waals surface area contributed by atoms with Crippen LogP contribution in [0, 0.1) is 0 Å². The summed E-state index contributed by atoms with van der Waals surface area (Å²) in [5.74, 6) is 2.14. The van der Waals surface area contributed by atoms with Crippen LogP contribution in [0.2, 0.25) is 0 Å². The highest BCUT2D eigenvalue weighted by Crippen LogP contribution is 2.27. The predicted octanol–water partition coefficient (Wildman–Crippen LogP) is 3.30. The molecule has 7 heteroatoms. The molecule has 1 N–H and O–H groups in total. The monoisotopic (exact) mass is 368 g/mol. The van der Waals surface area contributed by atoms with Crippen molar-refractivity contribution in [2.24, 2.45) is 0 Å². The zero-order valence-corrected chi connectivity index (χ0v) is 15.3. The van der Waals surface area contributed by atoms with E-state index in [1.54, 1.807) is 38.5 Å². The highest BCUT2D eigenvalue weighted by atomic mass is 16.5. The van der Waals surface area contributed by atoms with Crippen LogP contribution in [0.1, 0.15) is 16.1 Å². The molecule has 1 aromatic heterocycles. The molecule has 27 heavy (non-hydrogen) atoms. The van der Waals surface area contributed by atoms with Gasteiger partial charge in [-0.05, 0) is 30.3 Å². The van der Waals surface area contributed by atoms with Crippen molar-refractivity contribution in [2.75, 3.05) is 21.3 Å². The molecule has 3 aromatic rings. The topological polar surface area (TPSA) is 82.8 Å². The lowest BCUT2D eigenvalue weighted by atomic mass is 10.1. The SMILES string of the molecule is COc1cccc(-c2cc(CNC(=O)c3ccc(OC)c(OC)c3)no2)c1. The molecular weight excluding hydrogens is 348 g/mol. The first kappa shape index (κ1) is 18.3. The number of carbonyl (C=O) groups excluding carboxylic acids is 1. The molecule has 0 aliphatic carbocycles. The van der Waals surface area contributed by atoms with Crippen LogP contribution in [-0.2, 0) is 6.54 Å². The number of carbonyl (C=O) groups is 1. The molecule has 0 aliphatic heterocycles. The minimum absolute atomic E-state index is 0.237. The van der Waals surface area contributed by atoms with Crippen LogP contribution in [-0.4, -0.2) is 32.4 Å². The number of nitrogens with zero attached hydrogens (tertiary/aromatic N) is 1. The molecule has 0 saturated carbocycles. The van der Waals surface area contributed by atoms with E-state index in [0.717, 1.165) is 11.3 Å². The van der Waals surface area contributed by atoms with Crippen LogP contribution >= 0.6 is 0 Å². The van der Waals surface area contributed by atoms with E-state index in [-0.39, 0.29) is 12.5 Å². The lowest BCUT2D eigenvalue weighted by Gasteiger charge is -2.09. The first-order valence-electron chi connectivity index (χ1n) is 8.25. The summed E-state index contributed by atoms with van der Waals surface area (Å²) in [6, 6.07) is 14.2. The Labute approximate surface area is 156 Å². The fraction of sp³-hybridized carbons (Fsp3) is 0.200. The van der Waals surface area contributed by atoms with Gasteiger partial charge in [-0.15, -0.1) is 0 Å². The Morgan fingerprint density at radius 1 is 1.00 bits per heavy atom. The number of hydrogen-bond acceptors (Lipinski definition) is 6. The Morgan fingerprint density at radius 3 is 2.56 bits per heavy atom. The molecule has 7 nitrogen and oxygen atoms in total. The summed E-state index contributed by atoms with van der Waals surface area (Å²) in [5, 5.41) is 6.81. The molecule has 140 valence electrons. The molecule has 2 aromatic carbocycles. The Bertz CT molecular complexity index is 936. The summed E-state index contributed by atoms with van der Waals surface area (Å²) in [4.78, 5) is 12.4. The molecule has 0 atom stereocenters. The summed E-state index contributed by atoms with van der Waals surface area (Å²) in [6.07, 6.45) is 0. The van der Waals surface area contributed by atoms with E-state index in [1.165, 1.54) is 7.11 Å². The van der Waals surface area contributed by atoms with Crippen LogP contribution in [0.25, 0.3) is 11.3 Å². The van der Waals surface area contributed by atoms with Gasteiger partial charge in [0.2, 0.25) is 0 Å². The van der Waals surface area contributed by atoms with Gasteiger partial charge in [0.15, 0.2) is 17.3 Å². The Kier molecular flexibility index (Phi) is 5.61. The second-order valence-corrected chi connectivity index (χ2v) is 5.67. The average Bonchev–Trinajstić information content (AvgIpc) is 3.20. The number of rotatable bonds is 7. The fourth-order valence-electron chi connectivity index (χ4n) is 2.56. The van der Waals surface area contributed by atoms with Gasteiger partial charge in [-0.1, -0.05) is 17.3 Å². The van der Waals surface area contributed by atoms with E-state index >= 15 is 0 Å². The van der Waals surface area contributed by atoms with Gasteiger partial charge in [-0.3, -0.25) is 4.79 Å². The van der Waals surface area contributed by atoms with Crippen molar-refractivity contribution >= 4 is 5.91 Å². The smallest absolute Gasteiger partial charge is 0.251 e. The largest absolute Gasteiger partial charge is 0.497 e. The number of hydrogen-bond donors (Lipinski definition) is 1. The summed E-state index contributed by atoms with van der Waals surface area (Å²) in [7, 11) is 4.67. The van der Waals surface area contributed by atoms with Crippen LogP contribution in [0.3, 0.4) is 0 Å². The minimum Gasteiger partial charge on any atom is -0.497 e. The normalized spacial score (nSPS) is 10.3. The third kappa shape index (κ3) is 4.20. The second-order valence-electron chi connectivity index (χ2n) is 5.67. The van der Waals surface area contributed by atoms with E-state index in [4.69, 9.17) is 18.7 Å². The van der Waals surface area contributed by atoms with Gasteiger partial charge in [0.1, 0.15) is 11.4 Å². The van der Waals surface area contributed by atoms with Gasteiger partial charge < -0.3 is 24.1 Å². The standard InChI is InChI=1S/C20H20N2O5/c1-24-16-6-4-5-13(9-16)18-11-15(22-27-18)12-21-20(23)14-7-8-17(25-2)19(10-14)26-3/h4-11H,12H2,1-3H3,(H,21,23). The Hall–Kier alpha value is -3.48. The molecule has 0 saturated heterocycles. The maximum absolute atomic E-state index is 12.4. The zero-order valence-electron chi connectivity index (χ0n) is 15.3. The van der Waals surface area contributed by atoms with Crippen molar-refractivity contribution in [1.29, 1.82) is 0 Å². The fourth-order valence-corrected chi connectivity index (χ4v) is 2.56. The third-order valence-electron chi connectivity index (χ3n) is 3.99. The van der Waals surface area contributed by atoms with E-state index in [1.807, 2.05) is 24.3 Å². The lowest BCUT2D eigenvalue weighted by Crippen LogP contribution is -2.22. The molecule has 0 unspecified atom stereocenters. The number of methoxy groups -OCH3 is 3. The van der Waals surface area contributed by atoms with Crippen molar-refractivity contribution in [2.45, 2.75) is 6.54 Å². The highest BCUT2D eigenvalue weighted by Gasteiger charge is 2.12. The van der Waals surface area contributed by atoms with Gasteiger partial charge in [0.05, 0.1) is 27.9 Å². The van der Waals surface area contributed by atoms with Crippen molar-refractivity contribution in [3.05, 3.63) is 59.8 Å². The second kappa shape index (κ2) is 8.27. The molecule has 0 aliphatic rings. The molecule has 0 radical (unpaired) electrons. The first-order chi connectivity index (χ1) is 13.1. The number of nitrogens with one attached hydrogen (secondary N) is 1. The molecule has 0 spiro atoms. The van der Waals surface area contributed by atoms with Crippen LogP contribution < -0.4 is 19.5 Å². The van der Waals surface area contributed by atoms with E-state index in [0.29, 0.717) is 28.5 Å². The third-order valence-corrected chi connectivity index (χ3v) is 3.99. The Morgan fingerprint density at radius 2 is 1.81 bits per heavy atom. The number of amides is 1. The number of ether oxygens (including phenoxy) is 3. The van der Waals surface area contributed by atoms with Crippen LogP contribution in [0.5, 0.6) is 17.2 Å². The highest BCUT2D eigenvalue weighted by molar-refractivity contribution is 5.94. The zero-order chi connectivity index (χ0) is 19.2. The molecule has 0 fully saturated rings. The first-order valence-corrected chi connectivity index (χ1v) is 8.25. The predicted molar refractivity (Wildman–Crippen MR) is 99.2 cm³/mol. The number of benzene rings is 2. The van der Waals surface area contributed by atoms with Gasteiger partial charge in [0, 0.05) is 17.2 Å². The average molecular weight is 368 g/mol. The lowest BCUT2D eigenvalue weighted by molar-refractivity contribution is 0.0949. The summed E-state index contributed by atoms with van der Waals surface area (Å²) in [6.45, 7) is 0.237. The molecular formula is C20H20N2O5. The van der Waals surface area contributed by atoms with Crippen LogP contribution in [0.15, 0.2) is 53.1 Å². The van der Waals surface area contributed by atoms with Crippen LogP contribution in [0.4, 0.5) is 0 Å². The van der Waals surface area contributed by atoms with Crippen molar-refractivity contribution in [3.63, 3.8) is 0 Å². The van der Waals surface area contributed by atoms with Crippen molar-refractivity contribution in [3.8, 4) is 28.6 Å². The maximum Gasteiger partial charge on any atom is 0.251 e. The quantitative estimate of drug-likeness (QED) is 0.689. The maximum atomic E-state index is 12.4. The van der Waals surface area contributed by atoms with Gasteiger partial charge in [-0.25, -0.2) is 0 Å². The van der Waals surface area contributed by atoms with E-state index in [9.17, 15) is 4.79 Å². The number of aromatic nitrogens is 1. The van der Waals surface area contributed by atoms with Gasteiger partial charge >= 0.3 is 0 Å². The molecule has 3 rings (SSSR count). The van der Waals surface area contributed by atoms with Gasteiger partial charge in [0.25, 0.3) is 5.91 Å². The molecule has 1 heterocycles. The summed E-state index contributed by atoms with van der Waals surface area (Å²) in [5.41, 5.74) is 1.92. The van der Waals surface area contributed by atoms with Gasteiger partial charge in [-0.2, -0.15) is 0 Å². The van der Waals surface area contributed by atoms with Crippen molar-refractivity contribution in [1.82, 2.24) is 10.5 Å². The van der Waals surface area contributed by atoms with E-state index < -0.39 is 0 Å². The molecule has 0 bridgehead atoms. The van der Waals surface area contributed by atoms with E-state index in [2.05, 4.69) is 10.5 Å². The summed E-state index contributed by atoms with van der Waals surface area (Å²) < 4.78 is 21.0.